The molecule has 4 nitrogen and oxygen atoms in total. The normalized spacial score (nSPS) is 10.8. The molecule has 1 heterocycles. The van der Waals surface area contributed by atoms with E-state index in [0.717, 1.165) is 21.0 Å². The van der Waals surface area contributed by atoms with E-state index in [4.69, 9.17) is 0 Å². The number of aromatic nitrogens is 2. The summed E-state index contributed by atoms with van der Waals surface area (Å²) in [5, 5.41) is 10.9. The highest BCUT2D eigenvalue weighted by molar-refractivity contribution is 8.03. The zero-order valence-electron chi connectivity index (χ0n) is 10.2. The Bertz CT molecular complexity index is 354. The van der Waals surface area contributed by atoms with Crippen LogP contribution in [0.2, 0.25) is 0 Å². The summed E-state index contributed by atoms with van der Waals surface area (Å²) in [4.78, 5) is 11.5. The molecular weight excluding hydrogens is 274 g/mol. The van der Waals surface area contributed by atoms with Crippen LogP contribution in [-0.2, 0) is 4.79 Å². The van der Waals surface area contributed by atoms with Crippen molar-refractivity contribution in [2.45, 2.75) is 29.5 Å². The molecular formula is C10H17N3OS3. The minimum absolute atomic E-state index is 0.0589. The average Bonchev–Trinajstić information content (AvgIpc) is 2.72. The Morgan fingerprint density at radius 1 is 1.35 bits per heavy atom. The lowest BCUT2D eigenvalue weighted by Crippen LogP contribution is -2.28. The molecule has 1 amide bonds. The van der Waals surface area contributed by atoms with Gasteiger partial charge in [0.2, 0.25) is 5.91 Å². The van der Waals surface area contributed by atoms with E-state index in [-0.39, 0.29) is 5.91 Å². The van der Waals surface area contributed by atoms with E-state index < -0.39 is 0 Å². The number of carbonyl (C=O) groups is 1. The summed E-state index contributed by atoms with van der Waals surface area (Å²) in [6.45, 7) is 6.96. The Morgan fingerprint density at radius 2 is 2.00 bits per heavy atom. The second-order valence-corrected chi connectivity index (χ2v) is 7.46. The molecule has 17 heavy (non-hydrogen) atoms. The first kappa shape index (κ1) is 14.8. The summed E-state index contributed by atoms with van der Waals surface area (Å²) in [6.07, 6.45) is 0. The van der Waals surface area contributed by atoms with Gasteiger partial charge in [-0.1, -0.05) is 55.6 Å². The van der Waals surface area contributed by atoms with Gasteiger partial charge in [-0.3, -0.25) is 4.79 Å². The largest absolute Gasteiger partial charge is 0.355 e. The van der Waals surface area contributed by atoms with Crippen LogP contribution in [0.3, 0.4) is 0 Å². The van der Waals surface area contributed by atoms with Crippen LogP contribution >= 0.6 is 34.9 Å². The molecule has 1 N–H and O–H groups in total. The molecule has 1 rings (SSSR count). The number of thioether (sulfide) groups is 2. The van der Waals surface area contributed by atoms with Gasteiger partial charge in [-0.15, -0.1) is 10.2 Å². The fourth-order valence-corrected chi connectivity index (χ4v) is 3.68. The summed E-state index contributed by atoms with van der Waals surface area (Å²) < 4.78 is 1.83. The molecule has 0 aliphatic carbocycles. The molecule has 0 aliphatic heterocycles. The molecule has 0 saturated carbocycles. The fourth-order valence-electron chi connectivity index (χ4n) is 0.934. The fraction of sp³-hybridized carbons (Fsp3) is 0.700. The lowest BCUT2D eigenvalue weighted by Gasteiger charge is -2.05. The van der Waals surface area contributed by atoms with Crippen molar-refractivity contribution >= 4 is 40.8 Å². The second kappa shape index (κ2) is 7.94. The molecule has 0 unspecified atom stereocenters. The minimum Gasteiger partial charge on any atom is -0.355 e. The van der Waals surface area contributed by atoms with Crippen LogP contribution in [0.15, 0.2) is 8.68 Å². The molecule has 0 atom stereocenters. The summed E-state index contributed by atoms with van der Waals surface area (Å²) >= 11 is 4.67. The van der Waals surface area contributed by atoms with E-state index >= 15 is 0 Å². The van der Waals surface area contributed by atoms with Gasteiger partial charge in [-0.25, -0.2) is 0 Å². The van der Waals surface area contributed by atoms with Crippen molar-refractivity contribution in [3.05, 3.63) is 0 Å². The van der Waals surface area contributed by atoms with Crippen LogP contribution < -0.4 is 5.32 Å². The summed E-state index contributed by atoms with van der Waals surface area (Å²) in [5.74, 6) is 1.95. The quantitative estimate of drug-likeness (QED) is 0.782. The highest BCUT2D eigenvalue weighted by Gasteiger charge is 2.08. The first-order valence-electron chi connectivity index (χ1n) is 5.47. The van der Waals surface area contributed by atoms with Crippen molar-refractivity contribution in [3.8, 4) is 0 Å². The van der Waals surface area contributed by atoms with Crippen molar-refractivity contribution in [3.63, 3.8) is 0 Å². The molecule has 0 aromatic carbocycles. The number of rotatable bonds is 7. The lowest BCUT2D eigenvalue weighted by atomic mass is 10.2. The SMILES string of the molecule is CCSc1nnc(SCC(=O)NCC(C)C)s1. The number of carbonyl (C=O) groups excluding carboxylic acids is 1. The molecule has 7 heteroatoms. The van der Waals surface area contributed by atoms with Crippen LogP contribution in [0.25, 0.3) is 0 Å². The van der Waals surface area contributed by atoms with Crippen molar-refractivity contribution in [1.82, 2.24) is 15.5 Å². The van der Waals surface area contributed by atoms with Gasteiger partial charge in [0.15, 0.2) is 8.68 Å². The van der Waals surface area contributed by atoms with E-state index in [2.05, 4.69) is 36.3 Å². The number of hydrogen-bond acceptors (Lipinski definition) is 6. The zero-order valence-corrected chi connectivity index (χ0v) is 12.7. The Kier molecular flexibility index (Phi) is 6.91. The number of amides is 1. The van der Waals surface area contributed by atoms with Crippen molar-refractivity contribution in [2.75, 3.05) is 18.1 Å². The maximum absolute atomic E-state index is 11.5. The number of nitrogens with one attached hydrogen (secondary N) is 1. The summed E-state index contributed by atoms with van der Waals surface area (Å²) in [6, 6.07) is 0. The monoisotopic (exact) mass is 291 g/mol. The first-order valence-corrected chi connectivity index (χ1v) is 8.26. The lowest BCUT2D eigenvalue weighted by molar-refractivity contribution is -0.118. The Morgan fingerprint density at radius 3 is 2.59 bits per heavy atom. The topological polar surface area (TPSA) is 54.9 Å². The van der Waals surface area contributed by atoms with Gasteiger partial charge in [-0.2, -0.15) is 0 Å². The molecule has 0 spiro atoms. The third-order valence-electron chi connectivity index (χ3n) is 1.69. The Labute approximate surface area is 114 Å². The van der Waals surface area contributed by atoms with E-state index in [1.807, 2.05) is 0 Å². The average molecular weight is 291 g/mol. The van der Waals surface area contributed by atoms with Crippen molar-refractivity contribution in [1.29, 1.82) is 0 Å². The first-order chi connectivity index (χ1) is 8.11. The molecule has 96 valence electrons. The predicted molar refractivity (Wildman–Crippen MR) is 74.9 cm³/mol. The minimum atomic E-state index is 0.0589. The van der Waals surface area contributed by atoms with Gasteiger partial charge in [0, 0.05) is 6.54 Å². The van der Waals surface area contributed by atoms with Crippen LogP contribution in [0, 0.1) is 5.92 Å². The molecule has 1 aromatic heterocycles. The van der Waals surface area contributed by atoms with Gasteiger partial charge >= 0.3 is 0 Å². The van der Waals surface area contributed by atoms with Gasteiger partial charge in [0.25, 0.3) is 0 Å². The van der Waals surface area contributed by atoms with E-state index in [1.165, 1.54) is 11.8 Å². The van der Waals surface area contributed by atoms with Crippen molar-refractivity contribution < 1.29 is 4.79 Å². The van der Waals surface area contributed by atoms with Crippen LogP contribution in [-0.4, -0.2) is 34.2 Å². The van der Waals surface area contributed by atoms with E-state index in [1.54, 1.807) is 23.1 Å². The van der Waals surface area contributed by atoms with E-state index in [0.29, 0.717) is 11.7 Å². The van der Waals surface area contributed by atoms with Crippen molar-refractivity contribution in [2.24, 2.45) is 5.92 Å². The molecule has 0 saturated heterocycles. The molecule has 0 bridgehead atoms. The standard InChI is InChI=1S/C10H17N3OS3/c1-4-15-9-12-13-10(17-9)16-6-8(14)11-5-7(2)3/h7H,4-6H2,1-3H3,(H,11,14). The maximum atomic E-state index is 11.5. The van der Waals surface area contributed by atoms with Gasteiger partial charge < -0.3 is 5.32 Å². The summed E-state index contributed by atoms with van der Waals surface area (Å²) in [7, 11) is 0. The third-order valence-corrected chi connectivity index (χ3v) is 4.76. The van der Waals surface area contributed by atoms with Gasteiger partial charge in [0.1, 0.15) is 0 Å². The molecule has 0 radical (unpaired) electrons. The Balaban J connectivity index is 2.26. The molecule has 0 aliphatic rings. The smallest absolute Gasteiger partial charge is 0.230 e. The highest BCUT2D eigenvalue weighted by atomic mass is 32.2. The molecule has 1 aromatic rings. The molecule has 0 fully saturated rings. The van der Waals surface area contributed by atoms with Crippen LogP contribution in [0.1, 0.15) is 20.8 Å². The van der Waals surface area contributed by atoms with Gasteiger partial charge in [-0.05, 0) is 11.7 Å². The van der Waals surface area contributed by atoms with E-state index in [9.17, 15) is 4.79 Å². The number of nitrogens with zero attached hydrogens (tertiary/aromatic N) is 2. The second-order valence-electron chi connectivity index (χ2n) is 3.75. The zero-order chi connectivity index (χ0) is 12.7. The van der Waals surface area contributed by atoms with Gasteiger partial charge in [0.05, 0.1) is 5.75 Å². The van der Waals surface area contributed by atoms with Crippen LogP contribution in [0.5, 0.6) is 0 Å². The highest BCUT2D eigenvalue weighted by Crippen LogP contribution is 2.28. The predicted octanol–water partition coefficient (Wildman–Crippen LogP) is 2.51. The van der Waals surface area contributed by atoms with Crippen LogP contribution in [0.4, 0.5) is 0 Å². The summed E-state index contributed by atoms with van der Waals surface area (Å²) in [5.41, 5.74) is 0. The maximum Gasteiger partial charge on any atom is 0.230 e. The number of hydrogen-bond donors (Lipinski definition) is 1. The third kappa shape index (κ3) is 6.28. The Hall–Kier alpha value is -0.270.